The molecule has 33 heavy (non-hydrogen) atoms. The predicted molar refractivity (Wildman–Crippen MR) is 129 cm³/mol. The number of rotatable bonds is 6. The first-order valence-corrected chi connectivity index (χ1v) is 11.0. The topological polar surface area (TPSA) is 67.9 Å². The van der Waals surface area contributed by atoms with Crippen LogP contribution in [0.15, 0.2) is 72.8 Å². The summed E-state index contributed by atoms with van der Waals surface area (Å²) in [5.74, 6) is 0.734. The van der Waals surface area contributed by atoms with Crippen LogP contribution in [0.4, 0.5) is 11.4 Å². The maximum atomic E-state index is 13.6. The molecule has 4 rings (SSSR count). The van der Waals surface area contributed by atoms with Gasteiger partial charge in [-0.15, -0.1) is 0 Å². The third kappa shape index (κ3) is 4.55. The van der Waals surface area contributed by atoms with Gasteiger partial charge < -0.3 is 19.7 Å². The number of para-hydroxylation sites is 2. The van der Waals surface area contributed by atoms with Gasteiger partial charge in [0, 0.05) is 23.4 Å². The van der Waals surface area contributed by atoms with Crippen LogP contribution in [0.2, 0.25) is 0 Å². The molecule has 1 fully saturated rings. The summed E-state index contributed by atoms with van der Waals surface area (Å²) < 4.78 is 10.9. The van der Waals surface area contributed by atoms with Crippen molar-refractivity contribution in [1.29, 1.82) is 0 Å². The maximum Gasteiger partial charge on any atom is 0.229 e. The number of amides is 2. The fourth-order valence-electron chi connectivity index (χ4n) is 4.42. The van der Waals surface area contributed by atoms with Crippen molar-refractivity contribution in [2.75, 3.05) is 24.4 Å². The molecular formula is C27H28N2O4. The van der Waals surface area contributed by atoms with Crippen LogP contribution in [-0.2, 0) is 9.59 Å². The second-order valence-electron chi connectivity index (χ2n) is 8.10. The second-order valence-corrected chi connectivity index (χ2v) is 8.10. The Kier molecular flexibility index (Phi) is 6.63. The second kappa shape index (κ2) is 9.77. The number of nitrogens with zero attached hydrogens (tertiary/aromatic N) is 1. The molecular weight excluding hydrogens is 416 g/mol. The Morgan fingerprint density at radius 2 is 1.64 bits per heavy atom. The largest absolute Gasteiger partial charge is 0.497 e. The van der Waals surface area contributed by atoms with Crippen molar-refractivity contribution in [1.82, 2.24) is 0 Å². The molecule has 170 valence electrons. The fraction of sp³-hybridized carbons (Fsp3) is 0.259. The highest BCUT2D eigenvalue weighted by molar-refractivity contribution is 6.00. The van der Waals surface area contributed by atoms with E-state index in [1.807, 2.05) is 79.7 Å². The Morgan fingerprint density at radius 1 is 0.939 bits per heavy atom. The molecule has 6 nitrogen and oxygen atoms in total. The van der Waals surface area contributed by atoms with E-state index >= 15 is 0 Å². The number of carbonyl (C=O) groups excluding carboxylic acids is 2. The molecule has 0 spiro atoms. The zero-order valence-corrected chi connectivity index (χ0v) is 19.1. The Hall–Kier alpha value is -3.80. The van der Waals surface area contributed by atoms with Crippen LogP contribution in [-0.4, -0.2) is 26.0 Å². The summed E-state index contributed by atoms with van der Waals surface area (Å²) >= 11 is 0. The van der Waals surface area contributed by atoms with Crippen molar-refractivity contribution in [3.8, 4) is 11.5 Å². The monoisotopic (exact) mass is 444 g/mol. The van der Waals surface area contributed by atoms with Crippen molar-refractivity contribution in [2.24, 2.45) is 5.92 Å². The molecule has 3 aromatic carbocycles. The van der Waals surface area contributed by atoms with Gasteiger partial charge in [-0.05, 0) is 55.3 Å². The third-order valence-corrected chi connectivity index (χ3v) is 6.15. The average molecular weight is 445 g/mol. The average Bonchev–Trinajstić information content (AvgIpc) is 2.85. The molecule has 0 aliphatic carbocycles. The van der Waals surface area contributed by atoms with E-state index in [4.69, 9.17) is 9.47 Å². The maximum absolute atomic E-state index is 13.6. The highest BCUT2D eigenvalue weighted by Gasteiger charge is 2.42. The number of piperidine rings is 1. The van der Waals surface area contributed by atoms with Crippen molar-refractivity contribution < 1.29 is 19.1 Å². The molecule has 0 unspecified atom stereocenters. The number of methoxy groups -OCH3 is 2. The molecule has 6 heteroatoms. The summed E-state index contributed by atoms with van der Waals surface area (Å²) in [6, 6.07) is 22.1. The molecule has 1 aliphatic heterocycles. The van der Waals surface area contributed by atoms with Crippen molar-refractivity contribution in [3.05, 3.63) is 83.9 Å². The first-order chi connectivity index (χ1) is 16.0. The number of aryl methyl sites for hydroxylation is 1. The molecule has 1 N–H and O–H groups in total. The lowest BCUT2D eigenvalue weighted by molar-refractivity contribution is -0.126. The number of anilines is 2. The molecule has 1 aliphatic rings. The van der Waals surface area contributed by atoms with Crippen LogP contribution < -0.4 is 19.7 Å². The van der Waals surface area contributed by atoms with Crippen molar-refractivity contribution >= 4 is 23.2 Å². The van der Waals surface area contributed by atoms with Gasteiger partial charge in [0.2, 0.25) is 11.8 Å². The van der Waals surface area contributed by atoms with E-state index in [1.165, 1.54) is 0 Å². The highest BCUT2D eigenvalue weighted by atomic mass is 16.5. The van der Waals surface area contributed by atoms with Crippen LogP contribution in [0.25, 0.3) is 0 Å². The van der Waals surface area contributed by atoms with E-state index in [0.29, 0.717) is 23.6 Å². The minimum absolute atomic E-state index is 0.0315. The Labute approximate surface area is 194 Å². The van der Waals surface area contributed by atoms with Crippen LogP contribution >= 0.6 is 0 Å². The van der Waals surface area contributed by atoms with Gasteiger partial charge in [-0.25, -0.2) is 0 Å². The lowest BCUT2D eigenvalue weighted by Gasteiger charge is -2.41. The summed E-state index contributed by atoms with van der Waals surface area (Å²) in [4.78, 5) is 28.5. The van der Waals surface area contributed by atoms with E-state index in [-0.39, 0.29) is 18.2 Å². The van der Waals surface area contributed by atoms with E-state index in [0.717, 1.165) is 16.8 Å². The van der Waals surface area contributed by atoms with Crippen molar-refractivity contribution in [2.45, 2.75) is 25.8 Å². The molecule has 0 saturated carbocycles. The van der Waals surface area contributed by atoms with Crippen LogP contribution in [0, 0.1) is 12.8 Å². The molecule has 0 aromatic heterocycles. The van der Waals surface area contributed by atoms with Gasteiger partial charge in [-0.3, -0.25) is 9.59 Å². The first kappa shape index (κ1) is 22.4. The van der Waals surface area contributed by atoms with Crippen molar-refractivity contribution in [3.63, 3.8) is 0 Å². The lowest BCUT2D eigenvalue weighted by atomic mass is 9.82. The Balaban J connectivity index is 1.78. The molecule has 0 bridgehead atoms. The first-order valence-electron chi connectivity index (χ1n) is 11.0. The van der Waals surface area contributed by atoms with Gasteiger partial charge >= 0.3 is 0 Å². The van der Waals surface area contributed by atoms with Gasteiger partial charge in [-0.1, -0.05) is 36.4 Å². The smallest absolute Gasteiger partial charge is 0.229 e. The lowest BCUT2D eigenvalue weighted by Crippen LogP contribution is -2.47. The van der Waals surface area contributed by atoms with Gasteiger partial charge in [0.25, 0.3) is 0 Å². The fourth-order valence-corrected chi connectivity index (χ4v) is 4.42. The number of ether oxygens (including phenoxy) is 2. The molecule has 2 amide bonds. The molecule has 3 aromatic rings. The summed E-state index contributed by atoms with van der Waals surface area (Å²) in [7, 11) is 3.20. The highest BCUT2D eigenvalue weighted by Crippen LogP contribution is 2.43. The normalized spacial score (nSPS) is 18.0. The molecule has 1 saturated heterocycles. The number of carbonyl (C=O) groups is 2. The summed E-state index contributed by atoms with van der Waals surface area (Å²) in [6.45, 7) is 1.96. The predicted octanol–water partition coefficient (Wildman–Crippen LogP) is 5.14. The zero-order chi connectivity index (χ0) is 23.4. The van der Waals surface area contributed by atoms with Gasteiger partial charge in [0.1, 0.15) is 11.5 Å². The van der Waals surface area contributed by atoms with Crippen LogP contribution in [0.5, 0.6) is 11.5 Å². The molecule has 0 radical (unpaired) electrons. The molecule has 2 atom stereocenters. The Morgan fingerprint density at radius 3 is 2.33 bits per heavy atom. The minimum Gasteiger partial charge on any atom is -0.497 e. The number of benzene rings is 3. The van der Waals surface area contributed by atoms with E-state index in [2.05, 4.69) is 5.32 Å². The van der Waals surface area contributed by atoms with Gasteiger partial charge in [0.15, 0.2) is 0 Å². The third-order valence-electron chi connectivity index (χ3n) is 6.15. The van der Waals surface area contributed by atoms with Gasteiger partial charge in [0.05, 0.1) is 26.2 Å². The summed E-state index contributed by atoms with van der Waals surface area (Å²) in [5.41, 5.74) is 3.27. The number of nitrogens with one attached hydrogen (secondary N) is 1. The van der Waals surface area contributed by atoms with E-state index < -0.39 is 12.0 Å². The summed E-state index contributed by atoms with van der Waals surface area (Å²) in [6.07, 6.45) is 0.732. The van der Waals surface area contributed by atoms with E-state index in [1.54, 1.807) is 19.1 Å². The minimum atomic E-state index is -0.514. The Bertz CT molecular complexity index is 1140. The van der Waals surface area contributed by atoms with Crippen LogP contribution in [0.3, 0.4) is 0 Å². The van der Waals surface area contributed by atoms with Gasteiger partial charge in [-0.2, -0.15) is 0 Å². The van der Waals surface area contributed by atoms with Crippen LogP contribution in [0.1, 0.15) is 30.0 Å². The molecule has 1 heterocycles. The standard InChI is InChI=1S/C27H28N2O4/c1-18-8-4-6-10-23(18)28-27(31)22-16-17-25(30)29(19-12-14-20(32-2)15-13-19)26(22)21-9-5-7-11-24(21)33-3/h4-15,22,26H,16-17H2,1-3H3,(H,28,31)/t22-,26-/m0/s1. The number of hydrogen-bond acceptors (Lipinski definition) is 4. The number of hydrogen-bond donors (Lipinski definition) is 1. The SMILES string of the molecule is COc1ccc(N2C(=O)CC[C@H](C(=O)Nc3ccccc3C)[C@@H]2c2ccccc2OC)cc1. The van der Waals surface area contributed by atoms with E-state index in [9.17, 15) is 9.59 Å². The zero-order valence-electron chi connectivity index (χ0n) is 19.1. The summed E-state index contributed by atoms with van der Waals surface area (Å²) in [5, 5.41) is 3.08. The quantitative estimate of drug-likeness (QED) is 0.572.